The van der Waals surface area contributed by atoms with Gasteiger partial charge in [0.15, 0.2) is 0 Å². The van der Waals surface area contributed by atoms with Gasteiger partial charge in [-0.05, 0) is 24.6 Å². The van der Waals surface area contributed by atoms with Gasteiger partial charge in [0.1, 0.15) is 5.82 Å². The van der Waals surface area contributed by atoms with Crippen LogP contribution in [0, 0.1) is 12.7 Å². The number of nitrogens with two attached hydrogens (primary N) is 1. The van der Waals surface area contributed by atoms with Gasteiger partial charge in [-0.1, -0.05) is 6.07 Å². The van der Waals surface area contributed by atoms with Crippen LogP contribution < -0.4 is 15.8 Å². The lowest BCUT2D eigenvalue weighted by atomic mass is 9.90. The van der Waals surface area contributed by atoms with Crippen LogP contribution in [0.4, 0.5) is 10.3 Å². The van der Waals surface area contributed by atoms with E-state index in [-0.39, 0.29) is 11.9 Å². The van der Waals surface area contributed by atoms with Crippen LogP contribution in [0.1, 0.15) is 33.4 Å². The maximum atomic E-state index is 14.0. The molecular weight excluding hydrogens is 363 g/mol. The van der Waals surface area contributed by atoms with Gasteiger partial charge in [0.2, 0.25) is 11.8 Å². The van der Waals surface area contributed by atoms with E-state index in [1.165, 1.54) is 31.6 Å². The molecule has 28 heavy (non-hydrogen) atoms. The van der Waals surface area contributed by atoms with E-state index in [0.717, 1.165) is 0 Å². The summed E-state index contributed by atoms with van der Waals surface area (Å²) in [6, 6.07) is 3.89. The highest BCUT2D eigenvalue weighted by molar-refractivity contribution is 5.98. The first kappa shape index (κ1) is 17.8. The molecule has 1 amide bonds. The van der Waals surface area contributed by atoms with Gasteiger partial charge in [-0.15, -0.1) is 0 Å². The van der Waals surface area contributed by atoms with Gasteiger partial charge >= 0.3 is 0 Å². The molecule has 142 valence electrons. The third-order valence-corrected chi connectivity index (χ3v) is 4.60. The first-order valence-electron chi connectivity index (χ1n) is 8.56. The van der Waals surface area contributed by atoms with Crippen LogP contribution in [0.15, 0.2) is 30.6 Å². The largest absolute Gasteiger partial charge is 0.480 e. The van der Waals surface area contributed by atoms with Crippen LogP contribution in [0.5, 0.6) is 5.88 Å². The Balaban J connectivity index is 1.81. The number of rotatable bonds is 3. The highest BCUT2D eigenvalue weighted by Gasteiger charge is 2.30. The number of methoxy groups -OCH3 is 1. The van der Waals surface area contributed by atoms with E-state index < -0.39 is 11.9 Å². The number of nitrogen functional groups attached to an aromatic ring is 1. The molecule has 0 radical (unpaired) electrons. The number of halogens is 1. The van der Waals surface area contributed by atoms with Crippen LogP contribution in [0.3, 0.4) is 0 Å². The summed E-state index contributed by atoms with van der Waals surface area (Å²) in [7, 11) is 1.48. The SMILES string of the molecule is COc1cncc(-c2cc(F)ccc2[C@@H]2Cc3nc(N)nc(C)c3C(=O)N2)n1. The van der Waals surface area contributed by atoms with Crippen molar-refractivity contribution in [2.45, 2.75) is 19.4 Å². The summed E-state index contributed by atoms with van der Waals surface area (Å²) >= 11 is 0. The molecule has 4 rings (SSSR count). The number of aromatic nitrogens is 4. The fourth-order valence-electron chi connectivity index (χ4n) is 3.39. The summed E-state index contributed by atoms with van der Waals surface area (Å²) in [5.74, 6) is -0.298. The Bertz CT molecular complexity index is 1090. The number of benzene rings is 1. The molecule has 3 N–H and O–H groups in total. The predicted molar refractivity (Wildman–Crippen MR) is 99.1 cm³/mol. The number of nitrogens with zero attached hydrogens (tertiary/aromatic N) is 4. The number of carbonyl (C=O) groups excluding carboxylic acids is 1. The molecule has 0 aliphatic carbocycles. The number of anilines is 1. The molecule has 0 bridgehead atoms. The lowest BCUT2D eigenvalue weighted by Crippen LogP contribution is -2.37. The summed E-state index contributed by atoms with van der Waals surface area (Å²) < 4.78 is 19.1. The average Bonchev–Trinajstić information content (AvgIpc) is 2.67. The molecule has 1 atom stereocenters. The second kappa shape index (κ2) is 6.84. The third kappa shape index (κ3) is 3.11. The predicted octanol–water partition coefficient (Wildman–Crippen LogP) is 2.00. The number of amides is 1. The zero-order valence-electron chi connectivity index (χ0n) is 15.2. The molecule has 0 spiro atoms. The third-order valence-electron chi connectivity index (χ3n) is 4.60. The maximum absolute atomic E-state index is 14.0. The van der Waals surface area contributed by atoms with Crippen molar-refractivity contribution in [3.63, 3.8) is 0 Å². The minimum absolute atomic E-state index is 0.114. The molecule has 3 aromatic rings. The minimum atomic E-state index is -0.433. The van der Waals surface area contributed by atoms with Crippen molar-refractivity contribution in [2.75, 3.05) is 12.8 Å². The van der Waals surface area contributed by atoms with E-state index in [2.05, 4.69) is 25.3 Å². The Morgan fingerprint density at radius 3 is 2.86 bits per heavy atom. The van der Waals surface area contributed by atoms with Crippen LogP contribution in [-0.4, -0.2) is 33.0 Å². The Labute approximate surface area is 160 Å². The minimum Gasteiger partial charge on any atom is -0.480 e. The molecule has 0 fully saturated rings. The molecule has 1 aliphatic heterocycles. The Hall–Kier alpha value is -3.62. The van der Waals surface area contributed by atoms with E-state index in [4.69, 9.17) is 10.5 Å². The molecule has 8 nitrogen and oxygen atoms in total. The zero-order valence-corrected chi connectivity index (χ0v) is 15.2. The summed E-state index contributed by atoms with van der Waals surface area (Å²) in [6.45, 7) is 1.71. The number of aryl methyl sites for hydroxylation is 1. The Kier molecular flexibility index (Phi) is 4.34. The standard InChI is InChI=1S/C19H17FN6O2/c1-9-17-14(26-19(21)23-9)6-13(25-18(17)27)11-4-3-10(20)5-12(11)15-7-22-8-16(24-15)28-2/h3-5,7-8,13H,6H2,1-2H3,(H,25,27)(H2,21,23,26)/t13-/m0/s1. The summed E-state index contributed by atoms with van der Waals surface area (Å²) in [5, 5.41) is 2.95. The number of carbonyl (C=O) groups is 1. The monoisotopic (exact) mass is 380 g/mol. The molecule has 9 heteroatoms. The second-order valence-corrected chi connectivity index (χ2v) is 6.40. The molecule has 0 saturated heterocycles. The quantitative estimate of drug-likeness (QED) is 0.714. The van der Waals surface area contributed by atoms with Crippen molar-refractivity contribution in [3.05, 3.63) is 58.9 Å². The Morgan fingerprint density at radius 1 is 1.25 bits per heavy atom. The van der Waals surface area contributed by atoms with Gasteiger partial charge in [0, 0.05) is 12.0 Å². The molecule has 1 aliphatic rings. The van der Waals surface area contributed by atoms with Crippen LogP contribution in [0.25, 0.3) is 11.3 Å². The molecule has 0 saturated carbocycles. The number of ether oxygens (including phenoxy) is 1. The van der Waals surface area contributed by atoms with Gasteiger partial charge in [-0.25, -0.2) is 19.3 Å². The summed E-state index contributed by atoms with van der Waals surface area (Å²) in [4.78, 5) is 29.4. The van der Waals surface area contributed by atoms with Crippen molar-refractivity contribution in [2.24, 2.45) is 0 Å². The highest BCUT2D eigenvalue weighted by Crippen LogP contribution is 2.33. The highest BCUT2D eigenvalue weighted by atomic mass is 19.1. The zero-order chi connectivity index (χ0) is 19.8. The van der Waals surface area contributed by atoms with Crippen molar-refractivity contribution in [3.8, 4) is 17.1 Å². The van der Waals surface area contributed by atoms with Gasteiger partial charge in [-0.3, -0.25) is 9.78 Å². The van der Waals surface area contributed by atoms with Crippen molar-refractivity contribution in [1.29, 1.82) is 0 Å². The van der Waals surface area contributed by atoms with Crippen molar-refractivity contribution in [1.82, 2.24) is 25.3 Å². The summed E-state index contributed by atoms with van der Waals surface area (Å²) in [5.41, 5.74) is 8.90. The number of fused-ring (bicyclic) bond motifs is 1. The average molecular weight is 380 g/mol. The topological polar surface area (TPSA) is 116 Å². The molecule has 0 unspecified atom stereocenters. The molecule has 3 heterocycles. The molecule has 1 aromatic carbocycles. The van der Waals surface area contributed by atoms with Crippen LogP contribution in [-0.2, 0) is 6.42 Å². The molecule has 2 aromatic heterocycles. The number of hydrogen-bond donors (Lipinski definition) is 2. The summed E-state index contributed by atoms with van der Waals surface area (Å²) in [6.07, 6.45) is 3.37. The second-order valence-electron chi connectivity index (χ2n) is 6.40. The van der Waals surface area contributed by atoms with Gasteiger partial charge in [0.05, 0.1) is 48.2 Å². The van der Waals surface area contributed by atoms with E-state index in [1.54, 1.807) is 13.0 Å². The lowest BCUT2D eigenvalue weighted by molar-refractivity contribution is 0.0922. The van der Waals surface area contributed by atoms with E-state index >= 15 is 0 Å². The smallest absolute Gasteiger partial charge is 0.255 e. The van der Waals surface area contributed by atoms with Crippen molar-refractivity contribution >= 4 is 11.9 Å². The first-order chi connectivity index (χ1) is 13.5. The first-order valence-corrected chi connectivity index (χ1v) is 8.56. The van der Waals surface area contributed by atoms with Gasteiger partial charge < -0.3 is 15.8 Å². The van der Waals surface area contributed by atoms with E-state index in [1.807, 2.05) is 0 Å². The fraction of sp³-hybridized carbons (Fsp3) is 0.211. The number of hydrogen-bond acceptors (Lipinski definition) is 7. The van der Waals surface area contributed by atoms with Gasteiger partial charge in [0.25, 0.3) is 5.91 Å². The van der Waals surface area contributed by atoms with Crippen LogP contribution >= 0.6 is 0 Å². The lowest BCUT2D eigenvalue weighted by Gasteiger charge is -2.27. The van der Waals surface area contributed by atoms with Crippen LogP contribution in [0.2, 0.25) is 0 Å². The van der Waals surface area contributed by atoms with Crippen molar-refractivity contribution < 1.29 is 13.9 Å². The van der Waals surface area contributed by atoms with E-state index in [9.17, 15) is 9.18 Å². The fourth-order valence-corrected chi connectivity index (χ4v) is 3.39. The Morgan fingerprint density at radius 2 is 2.07 bits per heavy atom. The number of nitrogens with one attached hydrogen (secondary N) is 1. The van der Waals surface area contributed by atoms with E-state index in [0.29, 0.717) is 46.1 Å². The normalized spacial score (nSPS) is 15.7. The maximum Gasteiger partial charge on any atom is 0.255 e. The molecular formula is C19H17FN6O2. The van der Waals surface area contributed by atoms with Gasteiger partial charge in [-0.2, -0.15) is 0 Å².